The van der Waals surface area contributed by atoms with Gasteiger partial charge >= 0.3 is 0 Å². The van der Waals surface area contributed by atoms with Gasteiger partial charge in [-0.15, -0.1) is 11.8 Å². The Balaban J connectivity index is 1.79. The third-order valence-corrected chi connectivity index (χ3v) is 4.65. The zero-order valence-corrected chi connectivity index (χ0v) is 14.9. The highest BCUT2D eigenvalue weighted by Gasteiger charge is 2.11. The van der Waals surface area contributed by atoms with E-state index in [2.05, 4.69) is 10.6 Å². The van der Waals surface area contributed by atoms with Crippen molar-refractivity contribution < 1.29 is 9.59 Å². The first-order valence-electron chi connectivity index (χ1n) is 7.59. The molecule has 0 bridgehead atoms. The van der Waals surface area contributed by atoms with Crippen LogP contribution in [0.3, 0.4) is 0 Å². The van der Waals surface area contributed by atoms with Crippen LogP contribution in [0.2, 0.25) is 5.02 Å². The van der Waals surface area contributed by atoms with Crippen LogP contribution in [0.15, 0.2) is 53.4 Å². The smallest absolute Gasteiger partial charge is 0.253 e. The molecule has 0 aliphatic carbocycles. The second-order valence-corrected chi connectivity index (χ2v) is 6.68. The number of thioether (sulfide) groups is 1. The fraction of sp³-hybridized carbons (Fsp3) is 0.222. The van der Waals surface area contributed by atoms with Crippen LogP contribution in [0.5, 0.6) is 0 Å². The molecular weight excluding hydrogens is 344 g/mol. The van der Waals surface area contributed by atoms with Crippen LogP contribution in [0, 0.1) is 0 Å². The second-order valence-electron chi connectivity index (χ2n) is 5.08. The van der Waals surface area contributed by atoms with Crippen LogP contribution in [0.4, 0.5) is 5.69 Å². The Kier molecular flexibility index (Phi) is 7.15. The van der Waals surface area contributed by atoms with Gasteiger partial charge in [-0.25, -0.2) is 0 Å². The maximum atomic E-state index is 12.1. The number of benzene rings is 2. The number of amides is 2. The summed E-state index contributed by atoms with van der Waals surface area (Å²) in [7, 11) is 1.56. The number of anilines is 1. The average molecular weight is 363 g/mol. The monoisotopic (exact) mass is 362 g/mol. The molecule has 0 saturated carbocycles. The minimum absolute atomic E-state index is 0.0944. The molecule has 24 heavy (non-hydrogen) atoms. The van der Waals surface area contributed by atoms with Crippen molar-refractivity contribution in [3.8, 4) is 0 Å². The van der Waals surface area contributed by atoms with Crippen molar-refractivity contribution in [1.82, 2.24) is 5.32 Å². The molecule has 0 unspecified atom stereocenters. The van der Waals surface area contributed by atoms with Gasteiger partial charge in [0.25, 0.3) is 5.91 Å². The van der Waals surface area contributed by atoms with E-state index in [1.165, 1.54) is 0 Å². The summed E-state index contributed by atoms with van der Waals surface area (Å²) in [6.07, 6.45) is 1.16. The minimum atomic E-state index is -0.218. The summed E-state index contributed by atoms with van der Waals surface area (Å²) >= 11 is 7.53. The van der Waals surface area contributed by atoms with Gasteiger partial charge in [0.05, 0.1) is 11.3 Å². The number of halogens is 1. The van der Waals surface area contributed by atoms with Gasteiger partial charge in [0.2, 0.25) is 5.91 Å². The van der Waals surface area contributed by atoms with Crippen LogP contribution in [0.1, 0.15) is 23.2 Å². The molecule has 0 fully saturated rings. The van der Waals surface area contributed by atoms with E-state index in [0.717, 1.165) is 17.1 Å². The quantitative estimate of drug-likeness (QED) is 0.573. The van der Waals surface area contributed by atoms with Gasteiger partial charge in [0.1, 0.15) is 0 Å². The van der Waals surface area contributed by atoms with Crippen LogP contribution in [-0.2, 0) is 4.79 Å². The third kappa shape index (κ3) is 5.58. The Labute approximate surface area is 151 Å². The van der Waals surface area contributed by atoms with Gasteiger partial charge in [-0.2, -0.15) is 0 Å². The highest BCUT2D eigenvalue weighted by atomic mass is 35.5. The Hall–Kier alpha value is -1.98. The predicted octanol–water partition coefficient (Wildman–Crippen LogP) is 4.21. The lowest BCUT2D eigenvalue weighted by atomic mass is 10.1. The predicted molar refractivity (Wildman–Crippen MR) is 99.9 cm³/mol. The molecule has 0 aliphatic heterocycles. The highest BCUT2D eigenvalue weighted by Crippen LogP contribution is 2.21. The molecule has 2 N–H and O–H groups in total. The summed E-state index contributed by atoms with van der Waals surface area (Å²) in [6, 6.07) is 14.6. The fourth-order valence-electron chi connectivity index (χ4n) is 2.09. The first kappa shape index (κ1) is 18.4. The van der Waals surface area contributed by atoms with Crippen LogP contribution >= 0.6 is 23.4 Å². The summed E-state index contributed by atoms with van der Waals surface area (Å²) in [5.41, 5.74) is 0.996. The molecule has 0 aromatic heterocycles. The van der Waals surface area contributed by atoms with E-state index in [-0.39, 0.29) is 11.8 Å². The topological polar surface area (TPSA) is 58.2 Å². The van der Waals surface area contributed by atoms with Gasteiger partial charge in [0, 0.05) is 23.4 Å². The van der Waals surface area contributed by atoms with Crippen molar-refractivity contribution >= 4 is 40.9 Å². The number of hydrogen-bond donors (Lipinski definition) is 2. The van der Waals surface area contributed by atoms with E-state index in [1.807, 2.05) is 24.3 Å². The molecule has 2 amide bonds. The Morgan fingerprint density at radius 1 is 1.08 bits per heavy atom. The second kappa shape index (κ2) is 9.35. The van der Waals surface area contributed by atoms with Gasteiger partial charge in [-0.1, -0.05) is 23.7 Å². The number of carbonyl (C=O) groups is 2. The van der Waals surface area contributed by atoms with Crippen molar-refractivity contribution in [3.63, 3.8) is 0 Å². The third-order valence-electron chi connectivity index (χ3n) is 3.30. The van der Waals surface area contributed by atoms with E-state index in [9.17, 15) is 9.59 Å². The van der Waals surface area contributed by atoms with Crippen LogP contribution < -0.4 is 10.6 Å². The molecule has 0 atom stereocenters. The lowest BCUT2D eigenvalue weighted by molar-refractivity contribution is -0.116. The number of nitrogens with one attached hydrogen (secondary N) is 2. The SMILES string of the molecule is CNC(=O)c1ccccc1NC(=O)CCCSc1ccc(Cl)cc1. The molecule has 0 spiro atoms. The summed E-state index contributed by atoms with van der Waals surface area (Å²) < 4.78 is 0. The molecule has 2 rings (SSSR count). The van der Waals surface area contributed by atoms with Gasteiger partial charge in [0.15, 0.2) is 0 Å². The summed E-state index contributed by atoms with van der Waals surface area (Å²) in [4.78, 5) is 25.0. The first-order chi connectivity index (χ1) is 11.6. The maximum Gasteiger partial charge on any atom is 0.253 e. The van der Waals surface area contributed by atoms with Crippen molar-refractivity contribution in [1.29, 1.82) is 0 Å². The number of para-hydroxylation sites is 1. The number of hydrogen-bond acceptors (Lipinski definition) is 3. The lowest BCUT2D eigenvalue weighted by Crippen LogP contribution is -2.21. The largest absolute Gasteiger partial charge is 0.355 e. The molecule has 6 heteroatoms. The molecule has 2 aromatic carbocycles. The molecule has 0 aliphatic rings. The van der Waals surface area contributed by atoms with Gasteiger partial charge in [-0.05, 0) is 48.6 Å². The number of rotatable bonds is 7. The van der Waals surface area contributed by atoms with E-state index in [0.29, 0.717) is 22.7 Å². The van der Waals surface area contributed by atoms with Gasteiger partial charge < -0.3 is 10.6 Å². The first-order valence-corrected chi connectivity index (χ1v) is 8.96. The molecular formula is C18H19ClN2O2S. The molecule has 0 saturated heterocycles. The Bertz CT molecular complexity index is 704. The summed E-state index contributed by atoms with van der Waals surface area (Å²) in [5, 5.41) is 6.09. The van der Waals surface area contributed by atoms with Crippen molar-refractivity contribution in [2.45, 2.75) is 17.7 Å². The van der Waals surface area contributed by atoms with E-state index in [4.69, 9.17) is 11.6 Å². The Morgan fingerprint density at radius 2 is 1.79 bits per heavy atom. The zero-order chi connectivity index (χ0) is 17.4. The molecule has 4 nitrogen and oxygen atoms in total. The maximum absolute atomic E-state index is 12.1. The fourth-order valence-corrected chi connectivity index (χ4v) is 3.07. The summed E-state index contributed by atoms with van der Waals surface area (Å²) in [5.74, 6) is 0.527. The zero-order valence-electron chi connectivity index (χ0n) is 13.3. The molecule has 2 aromatic rings. The van der Waals surface area contributed by atoms with Crippen molar-refractivity contribution in [2.24, 2.45) is 0 Å². The van der Waals surface area contributed by atoms with E-state index < -0.39 is 0 Å². The van der Waals surface area contributed by atoms with Gasteiger partial charge in [-0.3, -0.25) is 9.59 Å². The van der Waals surface area contributed by atoms with Crippen molar-refractivity contribution in [2.75, 3.05) is 18.1 Å². The van der Waals surface area contributed by atoms with Crippen LogP contribution in [-0.4, -0.2) is 24.6 Å². The van der Waals surface area contributed by atoms with E-state index >= 15 is 0 Å². The lowest BCUT2D eigenvalue weighted by Gasteiger charge is -2.10. The minimum Gasteiger partial charge on any atom is -0.355 e. The Morgan fingerprint density at radius 3 is 2.50 bits per heavy atom. The molecule has 0 radical (unpaired) electrons. The normalized spacial score (nSPS) is 10.2. The van der Waals surface area contributed by atoms with Crippen molar-refractivity contribution in [3.05, 3.63) is 59.1 Å². The molecule has 126 valence electrons. The standard InChI is InChI=1S/C18H19ClN2O2S/c1-20-18(23)15-5-2-3-6-16(15)21-17(22)7-4-12-24-14-10-8-13(19)9-11-14/h2-3,5-6,8-11H,4,7,12H2,1H3,(H,20,23)(H,21,22). The summed E-state index contributed by atoms with van der Waals surface area (Å²) in [6.45, 7) is 0. The average Bonchev–Trinajstić information content (AvgIpc) is 2.60. The number of carbonyl (C=O) groups excluding carboxylic acids is 2. The van der Waals surface area contributed by atoms with E-state index in [1.54, 1.807) is 43.1 Å². The molecule has 0 heterocycles. The highest BCUT2D eigenvalue weighted by molar-refractivity contribution is 7.99. The van der Waals surface area contributed by atoms with Crippen LogP contribution in [0.25, 0.3) is 0 Å².